The molecule has 3 nitrogen and oxygen atoms in total. The Bertz CT molecular complexity index is 774. The molecule has 3 rings (SSSR count). The van der Waals surface area contributed by atoms with Crippen molar-refractivity contribution < 1.29 is 9.84 Å². The lowest BCUT2D eigenvalue weighted by Crippen LogP contribution is -1.96. The monoisotopic (exact) mass is 281 g/mol. The van der Waals surface area contributed by atoms with Crippen LogP contribution in [0.1, 0.15) is 18.1 Å². The number of fused-ring (bicyclic) bond motifs is 1. The van der Waals surface area contributed by atoms with E-state index in [2.05, 4.69) is 17.7 Å². The lowest BCUT2D eigenvalue weighted by molar-refractivity contribution is 0.305. The number of aryl methyl sites for hydroxylation is 2. The number of phenolic OH excluding ortho intramolecular Hbond substituents is 1. The number of para-hydroxylation sites is 2. The van der Waals surface area contributed by atoms with Crippen LogP contribution >= 0.6 is 0 Å². The zero-order chi connectivity index (χ0) is 14.8. The van der Waals surface area contributed by atoms with Crippen LogP contribution in [0.3, 0.4) is 0 Å². The van der Waals surface area contributed by atoms with Gasteiger partial charge in [0.2, 0.25) is 0 Å². The second-order valence-electron chi connectivity index (χ2n) is 5.17. The van der Waals surface area contributed by atoms with E-state index in [1.54, 1.807) is 6.07 Å². The fraction of sp³-hybridized carbons (Fsp3) is 0.222. The molecule has 0 saturated carbocycles. The number of ether oxygens (including phenoxy) is 1. The van der Waals surface area contributed by atoms with Crippen molar-refractivity contribution in [1.82, 2.24) is 4.57 Å². The second-order valence-corrected chi connectivity index (χ2v) is 5.17. The van der Waals surface area contributed by atoms with Gasteiger partial charge in [-0.2, -0.15) is 0 Å². The third kappa shape index (κ3) is 2.47. The molecule has 1 heterocycles. The quantitative estimate of drug-likeness (QED) is 0.775. The maximum atomic E-state index is 10.1. The molecule has 1 aromatic heterocycles. The number of aromatic nitrogens is 1. The van der Waals surface area contributed by atoms with Crippen molar-refractivity contribution in [3.63, 3.8) is 0 Å². The van der Waals surface area contributed by atoms with Gasteiger partial charge in [-0.05, 0) is 31.5 Å². The first-order valence-electron chi connectivity index (χ1n) is 7.19. The number of nitrogens with zero attached hydrogens (tertiary/aromatic N) is 1. The van der Waals surface area contributed by atoms with Crippen LogP contribution in [-0.4, -0.2) is 9.67 Å². The van der Waals surface area contributed by atoms with Crippen LogP contribution in [0.25, 0.3) is 10.9 Å². The highest BCUT2D eigenvalue weighted by Gasteiger charge is 2.11. The first kappa shape index (κ1) is 13.6. The predicted molar refractivity (Wildman–Crippen MR) is 84.8 cm³/mol. The van der Waals surface area contributed by atoms with Crippen LogP contribution in [0.2, 0.25) is 0 Å². The van der Waals surface area contributed by atoms with Crippen LogP contribution < -0.4 is 4.74 Å². The SMILES string of the molecule is CCn1cc(COc2ccccc2C)c2cccc(O)c21. The van der Waals surface area contributed by atoms with E-state index in [0.717, 1.165) is 34.3 Å². The maximum absolute atomic E-state index is 10.1. The van der Waals surface area contributed by atoms with Gasteiger partial charge in [-0.1, -0.05) is 30.3 Å². The van der Waals surface area contributed by atoms with Gasteiger partial charge in [0, 0.05) is 23.7 Å². The number of aromatic hydroxyl groups is 1. The molecule has 3 aromatic rings. The summed E-state index contributed by atoms with van der Waals surface area (Å²) >= 11 is 0. The highest BCUT2D eigenvalue weighted by Crippen LogP contribution is 2.30. The summed E-state index contributed by atoms with van der Waals surface area (Å²) in [6, 6.07) is 13.6. The molecule has 0 spiro atoms. The van der Waals surface area contributed by atoms with Crippen molar-refractivity contribution in [3.8, 4) is 11.5 Å². The van der Waals surface area contributed by atoms with E-state index in [0.29, 0.717) is 12.4 Å². The number of benzene rings is 2. The fourth-order valence-electron chi connectivity index (χ4n) is 2.65. The molecule has 0 aliphatic rings. The molecule has 0 fully saturated rings. The Kier molecular flexibility index (Phi) is 3.57. The third-order valence-corrected chi connectivity index (χ3v) is 3.78. The Labute approximate surface area is 124 Å². The average molecular weight is 281 g/mol. The van der Waals surface area contributed by atoms with Crippen molar-refractivity contribution in [2.24, 2.45) is 0 Å². The number of phenols is 1. The van der Waals surface area contributed by atoms with E-state index < -0.39 is 0 Å². The summed E-state index contributed by atoms with van der Waals surface area (Å²) in [6.45, 7) is 5.42. The molecule has 0 amide bonds. The summed E-state index contributed by atoms with van der Waals surface area (Å²) in [5, 5.41) is 11.1. The summed E-state index contributed by atoms with van der Waals surface area (Å²) in [7, 11) is 0. The molecule has 0 aliphatic carbocycles. The molecule has 3 heteroatoms. The van der Waals surface area contributed by atoms with Crippen LogP contribution in [0.5, 0.6) is 11.5 Å². The van der Waals surface area contributed by atoms with Gasteiger partial charge in [0.25, 0.3) is 0 Å². The molecule has 0 radical (unpaired) electrons. The first-order valence-corrected chi connectivity index (χ1v) is 7.19. The van der Waals surface area contributed by atoms with Crippen LogP contribution in [0, 0.1) is 6.92 Å². The Morgan fingerprint density at radius 2 is 1.90 bits per heavy atom. The minimum absolute atomic E-state index is 0.316. The van der Waals surface area contributed by atoms with Gasteiger partial charge in [-0.3, -0.25) is 0 Å². The summed E-state index contributed by atoms with van der Waals surface area (Å²) in [5.41, 5.74) is 3.09. The molecule has 0 aliphatic heterocycles. The highest BCUT2D eigenvalue weighted by molar-refractivity contribution is 5.88. The zero-order valence-electron chi connectivity index (χ0n) is 12.3. The van der Waals surface area contributed by atoms with Gasteiger partial charge < -0.3 is 14.4 Å². The standard InChI is InChI=1S/C18H19NO2/c1-3-19-11-14(15-8-6-9-16(20)18(15)19)12-21-17-10-5-4-7-13(17)2/h4-11,20H,3,12H2,1-2H3. The topological polar surface area (TPSA) is 34.4 Å². The van der Waals surface area contributed by atoms with Gasteiger partial charge in [0.15, 0.2) is 0 Å². The Morgan fingerprint density at radius 3 is 2.67 bits per heavy atom. The van der Waals surface area contributed by atoms with E-state index in [1.807, 2.05) is 43.3 Å². The van der Waals surface area contributed by atoms with Gasteiger partial charge in [0.05, 0.1) is 5.52 Å². The van der Waals surface area contributed by atoms with Crippen molar-refractivity contribution in [2.75, 3.05) is 0 Å². The second kappa shape index (κ2) is 5.52. The molecule has 2 aromatic carbocycles. The summed E-state index contributed by atoms with van der Waals surface area (Å²) < 4.78 is 7.99. The number of hydrogen-bond donors (Lipinski definition) is 1. The van der Waals surface area contributed by atoms with E-state index in [4.69, 9.17) is 4.74 Å². The van der Waals surface area contributed by atoms with Crippen molar-refractivity contribution in [1.29, 1.82) is 0 Å². The molecule has 0 atom stereocenters. The molecular weight excluding hydrogens is 262 g/mol. The normalized spacial score (nSPS) is 11.0. The maximum Gasteiger partial charge on any atom is 0.139 e. The molecule has 108 valence electrons. The summed E-state index contributed by atoms with van der Waals surface area (Å²) in [6.07, 6.45) is 2.06. The molecule has 0 unspecified atom stereocenters. The number of hydrogen-bond acceptors (Lipinski definition) is 2. The van der Waals surface area contributed by atoms with Gasteiger partial charge in [-0.25, -0.2) is 0 Å². The Morgan fingerprint density at radius 1 is 1.10 bits per heavy atom. The Balaban J connectivity index is 1.95. The molecule has 1 N–H and O–H groups in total. The smallest absolute Gasteiger partial charge is 0.139 e. The van der Waals surface area contributed by atoms with Crippen LogP contribution in [0.15, 0.2) is 48.7 Å². The zero-order valence-corrected chi connectivity index (χ0v) is 12.3. The number of rotatable bonds is 4. The van der Waals surface area contributed by atoms with E-state index in [-0.39, 0.29) is 0 Å². The van der Waals surface area contributed by atoms with Crippen molar-refractivity contribution >= 4 is 10.9 Å². The van der Waals surface area contributed by atoms with E-state index in [1.165, 1.54) is 0 Å². The third-order valence-electron chi connectivity index (χ3n) is 3.78. The highest BCUT2D eigenvalue weighted by atomic mass is 16.5. The largest absolute Gasteiger partial charge is 0.506 e. The van der Waals surface area contributed by atoms with Crippen molar-refractivity contribution in [3.05, 3.63) is 59.8 Å². The summed E-state index contributed by atoms with van der Waals surface area (Å²) in [5.74, 6) is 1.21. The predicted octanol–water partition coefficient (Wildman–Crippen LogP) is 4.25. The van der Waals surface area contributed by atoms with E-state index >= 15 is 0 Å². The van der Waals surface area contributed by atoms with Gasteiger partial charge in [0.1, 0.15) is 18.1 Å². The lowest BCUT2D eigenvalue weighted by Gasteiger charge is -2.08. The molecule has 21 heavy (non-hydrogen) atoms. The summed E-state index contributed by atoms with van der Waals surface area (Å²) in [4.78, 5) is 0. The molecular formula is C18H19NO2. The van der Waals surface area contributed by atoms with Crippen molar-refractivity contribution in [2.45, 2.75) is 27.0 Å². The minimum Gasteiger partial charge on any atom is -0.506 e. The van der Waals surface area contributed by atoms with E-state index in [9.17, 15) is 5.11 Å². The van der Waals surface area contributed by atoms with Gasteiger partial charge >= 0.3 is 0 Å². The Hall–Kier alpha value is -2.42. The average Bonchev–Trinajstić information content (AvgIpc) is 2.86. The minimum atomic E-state index is 0.316. The molecule has 0 bridgehead atoms. The lowest BCUT2D eigenvalue weighted by atomic mass is 10.1. The first-order chi connectivity index (χ1) is 10.2. The molecule has 0 saturated heterocycles. The van der Waals surface area contributed by atoms with Crippen LogP contribution in [-0.2, 0) is 13.2 Å². The fourth-order valence-corrected chi connectivity index (χ4v) is 2.65. The van der Waals surface area contributed by atoms with Crippen LogP contribution in [0.4, 0.5) is 0 Å². The van der Waals surface area contributed by atoms with Gasteiger partial charge in [-0.15, -0.1) is 0 Å².